The molecule has 108 valence electrons. The molecule has 0 bridgehead atoms. The molecule has 3 N–H and O–H groups in total. The average molecular weight is 268 g/mol. The Hall–Kier alpha value is -0.970. The predicted molar refractivity (Wildman–Crippen MR) is 76.2 cm³/mol. The molecule has 0 aliphatic rings. The van der Waals surface area contributed by atoms with Gasteiger partial charge in [-0.25, -0.2) is 4.39 Å². The molecular formula is C15H25FN2O. The van der Waals surface area contributed by atoms with Crippen molar-refractivity contribution in [3.05, 3.63) is 35.6 Å². The van der Waals surface area contributed by atoms with E-state index in [1.165, 1.54) is 12.1 Å². The number of rotatable bonds is 5. The van der Waals surface area contributed by atoms with Gasteiger partial charge in [-0.1, -0.05) is 32.9 Å². The van der Waals surface area contributed by atoms with Crippen LogP contribution in [-0.4, -0.2) is 35.7 Å². The molecule has 0 radical (unpaired) electrons. The first-order valence-electron chi connectivity index (χ1n) is 6.57. The third-order valence-electron chi connectivity index (χ3n) is 3.51. The molecule has 1 aromatic carbocycles. The van der Waals surface area contributed by atoms with Crippen LogP contribution >= 0.6 is 0 Å². The van der Waals surface area contributed by atoms with E-state index in [9.17, 15) is 9.50 Å². The summed E-state index contributed by atoms with van der Waals surface area (Å²) in [4.78, 5) is 2.02. The number of halogens is 1. The SMILES string of the molecule is CN(Cc1ccc(F)cc1)C(CO)C(N)C(C)(C)C. The van der Waals surface area contributed by atoms with Crippen LogP contribution in [0.4, 0.5) is 4.39 Å². The first-order valence-corrected chi connectivity index (χ1v) is 6.57. The minimum atomic E-state index is -0.239. The number of hydrogen-bond donors (Lipinski definition) is 2. The van der Waals surface area contributed by atoms with Crippen molar-refractivity contribution in [3.63, 3.8) is 0 Å². The van der Waals surface area contributed by atoms with Crippen LogP contribution in [-0.2, 0) is 6.54 Å². The number of aliphatic hydroxyl groups is 1. The van der Waals surface area contributed by atoms with Gasteiger partial charge in [-0.15, -0.1) is 0 Å². The largest absolute Gasteiger partial charge is 0.395 e. The summed E-state index contributed by atoms with van der Waals surface area (Å²) >= 11 is 0. The number of hydrogen-bond acceptors (Lipinski definition) is 3. The Morgan fingerprint density at radius 2 is 1.79 bits per heavy atom. The number of nitrogens with two attached hydrogens (primary N) is 1. The van der Waals surface area contributed by atoms with Crippen LogP contribution in [0.3, 0.4) is 0 Å². The van der Waals surface area contributed by atoms with Gasteiger partial charge in [0, 0.05) is 18.6 Å². The standard InChI is InChI=1S/C15H25FN2O/c1-15(2,3)14(17)13(10-19)18(4)9-11-5-7-12(16)8-6-11/h5-8,13-14,19H,9-10,17H2,1-4H3. The van der Waals surface area contributed by atoms with Gasteiger partial charge in [0.15, 0.2) is 0 Å². The van der Waals surface area contributed by atoms with Crippen molar-refractivity contribution >= 4 is 0 Å². The van der Waals surface area contributed by atoms with Crippen molar-refractivity contribution in [2.45, 2.75) is 39.4 Å². The normalized spacial score (nSPS) is 15.6. The van der Waals surface area contributed by atoms with Gasteiger partial charge >= 0.3 is 0 Å². The number of benzene rings is 1. The zero-order valence-corrected chi connectivity index (χ0v) is 12.2. The Kier molecular flexibility index (Phi) is 5.47. The molecule has 0 fully saturated rings. The first-order chi connectivity index (χ1) is 8.75. The van der Waals surface area contributed by atoms with E-state index in [1.807, 2.05) is 11.9 Å². The molecular weight excluding hydrogens is 243 g/mol. The van der Waals surface area contributed by atoms with Crippen molar-refractivity contribution in [2.75, 3.05) is 13.7 Å². The van der Waals surface area contributed by atoms with Gasteiger partial charge in [-0.05, 0) is 30.2 Å². The lowest BCUT2D eigenvalue weighted by Crippen LogP contribution is -2.54. The summed E-state index contributed by atoms with van der Waals surface area (Å²) in [6, 6.07) is 6.14. The zero-order chi connectivity index (χ0) is 14.6. The Bertz CT molecular complexity index is 386. The summed E-state index contributed by atoms with van der Waals surface area (Å²) in [6.07, 6.45) is 0. The predicted octanol–water partition coefficient (Wildman–Crippen LogP) is 1.99. The van der Waals surface area contributed by atoms with E-state index in [2.05, 4.69) is 20.8 Å². The van der Waals surface area contributed by atoms with Crippen LogP contribution < -0.4 is 5.73 Å². The number of likely N-dealkylation sites (N-methyl/N-ethyl adjacent to an activating group) is 1. The second kappa shape index (κ2) is 6.46. The van der Waals surface area contributed by atoms with Gasteiger partial charge in [-0.3, -0.25) is 4.90 Å². The second-order valence-corrected chi connectivity index (χ2v) is 6.18. The molecule has 0 aliphatic carbocycles. The van der Waals surface area contributed by atoms with E-state index in [0.717, 1.165) is 5.56 Å². The first kappa shape index (κ1) is 16.1. The maximum atomic E-state index is 12.9. The molecule has 0 saturated carbocycles. The van der Waals surface area contributed by atoms with Crippen LogP contribution in [0.15, 0.2) is 24.3 Å². The van der Waals surface area contributed by atoms with Crippen molar-refractivity contribution in [3.8, 4) is 0 Å². The van der Waals surface area contributed by atoms with E-state index < -0.39 is 0 Å². The third kappa shape index (κ3) is 4.56. The molecule has 1 rings (SSSR count). The highest BCUT2D eigenvalue weighted by Crippen LogP contribution is 2.23. The topological polar surface area (TPSA) is 49.5 Å². The van der Waals surface area contributed by atoms with Gasteiger partial charge in [0.25, 0.3) is 0 Å². The maximum absolute atomic E-state index is 12.9. The molecule has 2 atom stereocenters. The van der Waals surface area contributed by atoms with Crippen molar-refractivity contribution in [2.24, 2.45) is 11.1 Å². The van der Waals surface area contributed by atoms with Crippen molar-refractivity contribution in [1.29, 1.82) is 0 Å². The van der Waals surface area contributed by atoms with E-state index in [1.54, 1.807) is 12.1 Å². The summed E-state index contributed by atoms with van der Waals surface area (Å²) in [7, 11) is 1.93. The fourth-order valence-electron chi connectivity index (χ4n) is 2.10. The lowest BCUT2D eigenvalue weighted by atomic mass is 9.82. The molecule has 1 aromatic rings. The Labute approximate surface area is 115 Å². The fraction of sp³-hybridized carbons (Fsp3) is 0.600. The highest BCUT2D eigenvalue weighted by atomic mass is 19.1. The lowest BCUT2D eigenvalue weighted by molar-refractivity contribution is 0.0843. The Balaban J connectivity index is 2.74. The highest BCUT2D eigenvalue weighted by molar-refractivity contribution is 5.16. The monoisotopic (exact) mass is 268 g/mol. The molecule has 0 aliphatic heterocycles. The molecule has 19 heavy (non-hydrogen) atoms. The van der Waals surface area contributed by atoms with Gasteiger partial charge in [0.1, 0.15) is 5.82 Å². The maximum Gasteiger partial charge on any atom is 0.123 e. The minimum Gasteiger partial charge on any atom is -0.395 e. The van der Waals surface area contributed by atoms with E-state index in [-0.39, 0.29) is 29.9 Å². The quantitative estimate of drug-likeness (QED) is 0.858. The summed E-state index contributed by atoms with van der Waals surface area (Å²) in [5.74, 6) is -0.239. The molecule has 0 spiro atoms. The molecule has 4 heteroatoms. The molecule has 0 amide bonds. The molecule has 2 unspecified atom stereocenters. The van der Waals surface area contributed by atoms with E-state index in [0.29, 0.717) is 6.54 Å². The average Bonchev–Trinajstić information content (AvgIpc) is 2.31. The van der Waals surface area contributed by atoms with E-state index >= 15 is 0 Å². The summed E-state index contributed by atoms with van der Waals surface area (Å²) in [5, 5.41) is 9.57. The highest BCUT2D eigenvalue weighted by Gasteiger charge is 2.31. The summed E-state index contributed by atoms with van der Waals surface area (Å²) < 4.78 is 12.9. The summed E-state index contributed by atoms with van der Waals surface area (Å²) in [5.41, 5.74) is 7.15. The molecule has 3 nitrogen and oxygen atoms in total. The van der Waals surface area contributed by atoms with Crippen LogP contribution in [0.5, 0.6) is 0 Å². The zero-order valence-electron chi connectivity index (χ0n) is 12.2. The Morgan fingerprint density at radius 3 is 2.21 bits per heavy atom. The smallest absolute Gasteiger partial charge is 0.123 e. The molecule has 0 heterocycles. The lowest BCUT2D eigenvalue weighted by Gasteiger charge is -2.38. The van der Waals surface area contributed by atoms with Crippen LogP contribution in [0.25, 0.3) is 0 Å². The van der Waals surface area contributed by atoms with E-state index in [4.69, 9.17) is 5.73 Å². The van der Waals surface area contributed by atoms with Crippen LogP contribution in [0, 0.1) is 11.2 Å². The third-order valence-corrected chi connectivity index (χ3v) is 3.51. The van der Waals surface area contributed by atoms with Gasteiger partial charge in [0.05, 0.1) is 6.61 Å². The van der Waals surface area contributed by atoms with Crippen LogP contribution in [0.1, 0.15) is 26.3 Å². The number of aliphatic hydroxyl groups excluding tert-OH is 1. The molecule has 0 aromatic heterocycles. The van der Waals surface area contributed by atoms with Gasteiger partial charge < -0.3 is 10.8 Å². The van der Waals surface area contributed by atoms with Crippen molar-refractivity contribution in [1.82, 2.24) is 4.90 Å². The molecule has 0 saturated heterocycles. The summed E-state index contributed by atoms with van der Waals surface area (Å²) in [6.45, 7) is 6.83. The minimum absolute atomic E-state index is 0.0101. The van der Waals surface area contributed by atoms with Gasteiger partial charge in [0.2, 0.25) is 0 Å². The van der Waals surface area contributed by atoms with Crippen LogP contribution in [0.2, 0.25) is 0 Å². The Morgan fingerprint density at radius 1 is 1.26 bits per heavy atom. The second-order valence-electron chi connectivity index (χ2n) is 6.18. The number of nitrogens with zero attached hydrogens (tertiary/aromatic N) is 1. The van der Waals surface area contributed by atoms with Crippen molar-refractivity contribution < 1.29 is 9.50 Å². The van der Waals surface area contributed by atoms with Gasteiger partial charge in [-0.2, -0.15) is 0 Å². The fourth-order valence-corrected chi connectivity index (χ4v) is 2.10.